The summed E-state index contributed by atoms with van der Waals surface area (Å²) in [6.07, 6.45) is 4.04. The Morgan fingerprint density at radius 1 is 1.00 bits per heavy atom. The maximum Gasteiger partial charge on any atom is 0.318 e. The van der Waals surface area contributed by atoms with E-state index in [0.29, 0.717) is 12.8 Å². The topological polar surface area (TPSA) is 74.6 Å². The number of unbranched alkanes of at least 4 members (excludes halogenated alkanes) is 1. The fourth-order valence-electron chi connectivity index (χ4n) is 1.82. The summed E-state index contributed by atoms with van der Waals surface area (Å²) in [4.78, 5) is 21.7. The van der Waals surface area contributed by atoms with Crippen LogP contribution in [-0.4, -0.2) is 22.2 Å². The highest BCUT2D eigenvalue weighted by atomic mass is 16.4. The van der Waals surface area contributed by atoms with Gasteiger partial charge in [-0.05, 0) is 18.8 Å². The van der Waals surface area contributed by atoms with E-state index in [4.69, 9.17) is 10.2 Å². The van der Waals surface area contributed by atoms with E-state index in [9.17, 15) is 9.59 Å². The van der Waals surface area contributed by atoms with Gasteiger partial charge in [-0.15, -0.1) is 0 Å². The van der Waals surface area contributed by atoms with Crippen molar-refractivity contribution >= 4 is 11.9 Å². The third-order valence-corrected chi connectivity index (χ3v) is 2.59. The molecule has 0 saturated heterocycles. The van der Waals surface area contributed by atoms with Crippen molar-refractivity contribution < 1.29 is 19.8 Å². The molecule has 0 aromatic rings. The number of hydrogen-bond donors (Lipinski definition) is 2. The molecule has 1 unspecified atom stereocenters. The maximum atomic E-state index is 10.8. The fraction of sp³-hybridized carbons (Fsp3) is 0.818. The quantitative estimate of drug-likeness (QED) is 0.611. The van der Waals surface area contributed by atoms with Crippen LogP contribution in [0.4, 0.5) is 0 Å². The van der Waals surface area contributed by atoms with E-state index in [1.807, 2.05) is 13.8 Å². The smallest absolute Gasteiger partial charge is 0.318 e. The lowest BCUT2D eigenvalue weighted by molar-refractivity contribution is -0.157. The van der Waals surface area contributed by atoms with Crippen LogP contribution in [0.2, 0.25) is 0 Å². The largest absolute Gasteiger partial charge is 0.481 e. The van der Waals surface area contributed by atoms with E-state index in [1.165, 1.54) is 0 Å². The summed E-state index contributed by atoms with van der Waals surface area (Å²) in [7, 11) is 0. The van der Waals surface area contributed by atoms with Gasteiger partial charge >= 0.3 is 11.9 Å². The molecule has 15 heavy (non-hydrogen) atoms. The van der Waals surface area contributed by atoms with E-state index < -0.39 is 17.9 Å². The van der Waals surface area contributed by atoms with Crippen LogP contribution in [0.15, 0.2) is 0 Å². The zero-order valence-corrected chi connectivity index (χ0v) is 9.40. The average Bonchev–Trinajstić information content (AvgIpc) is 2.13. The molecule has 0 saturated carbocycles. The van der Waals surface area contributed by atoms with Crippen molar-refractivity contribution in [1.29, 1.82) is 0 Å². The lowest BCUT2D eigenvalue weighted by atomic mass is 9.84. The molecule has 0 spiro atoms. The summed E-state index contributed by atoms with van der Waals surface area (Å²) in [5.41, 5.74) is 0. The number of hydrogen-bond acceptors (Lipinski definition) is 2. The molecule has 4 heteroatoms. The standard InChI is InChI=1S/C11H20O4/c1-3-5-7-8(6-4-2)9(10(12)13)11(14)15/h8-9H,3-7H2,1-2H3,(H,12,13)(H,14,15). The molecule has 0 bridgehead atoms. The van der Waals surface area contributed by atoms with Gasteiger partial charge in [0.1, 0.15) is 0 Å². The second-order valence-electron chi connectivity index (χ2n) is 3.85. The van der Waals surface area contributed by atoms with Crippen molar-refractivity contribution in [2.75, 3.05) is 0 Å². The number of carboxylic acids is 2. The minimum atomic E-state index is -1.24. The lowest BCUT2D eigenvalue weighted by Gasteiger charge is -2.19. The van der Waals surface area contributed by atoms with Gasteiger partial charge in [0.25, 0.3) is 0 Å². The normalized spacial score (nSPS) is 12.7. The molecule has 0 fully saturated rings. The van der Waals surface area contributed by atoms with Crippen LogP contribution in [0.3, 0.4) is 0 Å². The Bertz CT molecular complexity index is 199. The van der Waals surface area contributed by atoms with Crippen LogP contribution in [0.5, 0.6) is 0 Å². The number of aliphatic carboxylic acids is 2. The third-order valence-electron chi connectivity index (χ3n) is 2.59. The van der Waals surface area contributed by atoms with Crippen molar-refractivity contribution in [1.82, 2.24) is 0 Å². The minimum Gasteiger partial charge on any atom is -0.481 e. The van der Waals surface area contributed by atoms with Crippen LogP contribution in [0, 0.1) is 11.8 Å². The first-order chi connectivity index (χ1) is 7.04. The molecule has 2 N–H and O–H groups in total. The van der Waals surface area contributed by atoms with Crippen LogP contribution in [0.1, 0.15) is 46.0 Å². The van der Waals surface area contributed by atoms with Crippen LogP contribution >= 0.6 is 0 Å². The Kier molecular flexibility index (Phi) is 6.75. The Balaban J connectivity index is 4.51. The van der Waals surface area contributed by atoms with E-state index in [2.05, 4.69) is 0 Å². The summed E-state index contributed by atoms with van der Waals surface area (Å²) in [6.45, 7) is 3.96. The van der Waals surface area contributed by atoms with Crippen molar-refractivity contribution in [3.8, 4) is 0 Å². The Labute approximate surface area is 90.3 Å². The monoisotopic (exact) mass is 216 g/mol. The first kappa shape index (κ1) is 13.9. The molecular weight excluding hydrogens is 196 g/mol. The molecule has 88 valence electrons. The predicted molar refractivity (Wildman–Crippen MR) is 56.7 cm³/mol. The summed E-state index contributed by atoms with van der Waals surface area (Å²) in [5.74, 6) is -3.89. The molecule has 0 heterocycles. The van der Waals surface area contributed by atoms with Gasteiger partial charge < -0.3 is 10.2 Å². The predicted octanol–water partition coefficient (Wildman–Crippen LogP) is 2.38. The zero-order chi connectivity index (χ0) is 11.8. The highest BCUT2D eigenvalue weighted by Gasteiger charge is 2.33. The highest BCUT2D eigenvalue weighted by molar-refractivity contribution is 5.93. The fourth-order valence-corrected chi connectivity index (χ4v) is 1.82. The number of carbonyl (C=O) groups is 2. The molecule has 0 aliphatic heterocycles. The summed E-state index contributed by atoms with van der Waals surface area (Å²) < 4.78 is 0. The molecule has 0 rings (SSSR count). The summed E-state index contributed by atoms with van der Waals surface area (Å²) in [5, 5.41) is 17.7. The van der Waals surface area contributed by atoms with Gasteiger partial charge in [-0.2, -0.15) is 0 Å². The van der Waals surface area contributed by atoms with E-state index >= 15 is 0 Å². The van der Waals surface area contributed by atoms with E-state index in [1.54, 1.807) is 0 Å². The molecule has 0 amide bonds. The molecular formula is C11H20O4. The SMILES string of the molecule is CCCCC(CCC)C(C(=O)O)C(=O)O. The number of rotatable bonds is 8. The van der Waals surface area contributed by atoms with Gasteiger partial charge in [0, 0.05) is 0 Å². The van der Waals surface area contributed by atoms with Crippen molar-refractivity contribution in [2.24, 2.45) is 11.8 Å². The van der Waals surface area contributed by atoms with Gasteiger partial charge in [0.05, 0.1) is 0 Å². The maximum absolute atomic E-state index is 10.8. The van der Waals surface area contributed by atoms with Gasteiger partial charge in [0.15, 0.2) is 5.92 Å². The minimum absolute atomic E-state index is 0.232. The molecule has 1 atom stereocenters. The molecule has 0 aromatic carbocycles. The molecule has 4 nitrogen and oxygen atoms in total. The molecule has 0 aliphatic rings. The van der Waals surface area contributed by atoms with Crippen molar-refractivity contribution in [3.05, 3.63) is 0 Å². The summed E-state index contributed by atoms with van der Waals surface area (Å²) in [6, 6.07) is 0. The number of carboxylic acid groups (broad SMARTS) is 2. The van der Waals surface area contributed by atoms with E-state index in [-0.39, 0.29) is 5.92 Å². The van der Waals surface area contributed by atoms with E-state index in [0.717, 1.165) is 19.3 Å². The highest BCUT2D eigenvalue weighted by Crippen LogP contribution is 2.24. The van der Waals surface area contributed by atoms with Crippen molar-refractivity contribution in [3.63, 3.8) is 0 Å². The molecule has 0 aromatic heterocycles. The van der Waals surface area contributed by atoms with Gasteiger partial charge in [-0.1, -0.05) is 33.1 Å². The first-order valence-corrected chi connectivity index (χ1v) is 5.50. The van der Waals surface area contributed by atoms with Gasteiger partial charge in [-0.25, -0.2) is 0 Å². The summed E-state index contributed by atoms with van der Waals surface area (Å²) >= 11 is 0. The first-order valence-electron chi connectivity index (χ1n) is 5.50. The van der Waals surface area contributed by atoms with Crippen LogP contribution in [-0.2, 0) is 9.59 Å². The third kappa shape index (κ3) is 4.81. The Hall–Kier alpha value is -1.06. The average molecular weight is 216 g/mol. The lowest BCUT2D eigenvalue weighted by Crippen LogP contribution is -2.31. The van der Waals surface area contributed by atoms with Crippen LogP contribution in [0.25, 0.3) is 0 Å². The molecule has 0 aliphatic carbocycles. The van der Waals surface area contributed by atoms with Gasteiger partial charge in [0.2, 0.25) is 0 Å². The second kappa shape index (κ2) is 7.26. The van der Waals surface area contributed by atoms with Crippen molar-refractivity contribution in [2.45, 2.75) is 46.0 Å². The Morgan fingerprint density at radius 3 is 1.87 bits per heavy atom. The molecule has 0 radical (unpaired) electrons. The van der Waals surface area contributed by atoms with Crippen LogP contribution < -0.4 is 0 Å². The van der Waals surface area contributed by atoms with Gasteiger partial charge in [-0.3, -0.25) is 9.59 Å². The Morgan fingerprint density at radius 2 is 1.53 bits per heavy atom. The second-order valence-corrected chi connectivity index (χ2v) is 3.85. The zero-order valence-electron chi connectivity index (χ0n) is 9.40.